The number of H-pyrrole nitrogens is 1. The van der Waals surface area contributed by atoms with Crippen molar-refractivity contribution < 1.29 is 9.50 Å². The summed E-state index contributed by atoms with van der Waals surface area (Å²) < 4.78 is 15.1. The van der Waals surface area contributed by atoms with Gasteiger partial charge in [0.15, 0.2) is 11.2 Å². The first-order valence-electron chi connectivity index (χ1n) is 5.59. The summed E-state index contributed by atoms with van der Waals surface area (Å²) in [7, 11) is 0. The minimum absolute atomic E-state index is 0.223. The van der Waals surface area contributed by atoms with Crippen LogP contribution in [-0.2, 0) is 0 Å². The van der Waals surface area contributed by atoms with Crippen LogP contribution in [0.5, 0.6) is 0 Å². The molecule has 0 saturated carbocycles. The van der Waals surface area contributed by atoms with Crippen molar-refractivity contribution in [1.82, 2.24) is 19.5 Å². The van der Waals surface area contributed by atoms with E-state index in [1.165, 1.54) is 18.7 Å². The Morgan fingerprint density at radius 2 is 2.39 bits per heavy atom. The van der Waals surface area contributed by atoms with Crippen LogP contribution in [-0.4, -0.2) is 31.2 Å². The molecule has 2 aromatic heterocycles. The molecule has 0 saturated heterocycles. The monoisotopic (exact) mass is 250 g/mol. The molecule has 1 aliphatic rings. The molecule has 2 atom stereocenters. The van der Waals surface area contributed by atoms with Crippen LogP contribution in [0.4, 0.5) is 4.39 Å². The number of aliphatic hydroxyl groups is 1. The van der Waals surface area contributed by atoms with Gasteiger partial charge in [-0.15, -0.1) is 0 Å². The Morgan fingerprint density at radius 3 is 3.11 bits per heavy atom. The predicted molar refractivity (Wildman–Crippen MR) is 61.6 cm³/mol. The highest BCUT2D eigenvalue weighted by Gasteiger charge is 2.28. The maximum absolute atomic E-state index is 13.5. The SMILES string of the molecule is O=c1[nH]cnc2c1ncn2[C@@H]1C=C(F)[C@@H](CO)C1. The Hall–Kier alpha value is -2.02. The topological polar surface area (TPSA) is 83.8 Å². The van der Waals surface area contributed by atoms with Crippen molar-refractivity contribution in [3.63, 3.8) is 0 Å². The number of hydrogen-bond donors (Lipinski definition) is 2. The predicted octanol–water partition coefficient (Wildman–Crippen LogP) is 0.526. The molecule has 2 heterocycles. The lowest BCUT2D eigenvalue weighted by Gasteiger charge is -2.11. The van der Waals surface area contributed by atoms with Gasteiger partial charge in [-0.05, 0) is 12.5 Å². The van der Waals surface area contributed by atoms with E-state index in [1.54, 1.807) is 4.57 Å². The highest BCUT2D eigenvalue weighted by atomic mass is 19.1. The van der Waals surface area contributed by atoms with Gasteiger partial charge in [-0.2, -0.15) is 0 Å². The molecule has 0 aromatic carbocycles. The van der Waals surface area contributed by atoms with Crippen molar-refractivity contribution >= 4 is 11.2 Å². The van der Waals surface area contributed by atoms with Crippen molar-refractivity contribution in [3.05, 3.63) is 34.9 Å². The number of fused-ring (bicyclic) bond motifs is 1. The molecular weight excluding hydrogens is 239 g/mol. The zero-order valence-corrected chi connectivity index (χ0v) is 9.38. The van der Waals surface area contributed by atoms with Crippen LogP contribution >= 0.6 is 0 Å². The lowest BCUT2D eigenvalue weighted by Crippen LogP contribution is -2.10. The second kappa shape index (κ2) is 4.02. The highest BCUT2D eigenvalue weighted by molar-refractivity contribution is 5.69. The van der Waals surface area contributed by atoms with E-state index in [-0.39, 0.29) is 29.6 Å². The first-order chi connectivity index (χ1) is 8.70. The molecule has 0 radical (unpaired) electrons. The Kier molecular flexibility index (Phi) is 2.48. The molecule has 0 fully saturated rings. The van der Waals surface area contributed by atoms with Crippen LogP contribution in [0.1, 0.15) is 12.5 Å². The molecule has 2 aromatic rings. The normalized spacial score (nSPS) is 23.6. The molecule has 0 unspecified atom stereocenters. The summed E-state index contributed by atoms with van der Waals surface area (Å²) in [4.78, 5) is 22.0. The zero-order valence-electron chi connectivity index (χ0n) is 9.38. The van der Waals surface area contributed by atoms with Crippen molar-refractivity contribution in [2.45, 2.75) is 12.5 Å². The summed E-state index contributed by atoms with van der Waals surface area (Å²) in [5.41, 5.74) is 0.338. The summed E-state index contributed by atoms with van der Waals surface area (Å²) in [6.07, 6.45) is 4.65. The fourth-order valence-corrected chi connectivity index (χ4v) is 2.25. The number of nitrogens with zero attached hydrogens (tertiary/aromatic N) is 3. The number of hydrogen-bond acceptors (Lipinski definition) is 4. The van der Waals surface area contributed by atoms with Crippen molar-refractivity contribution in [3.8, 4) is 0 Å². The van der Waals surface area contributed by atoms with E-state index in [0.29, 0.717) is 12.1 Å². The molecule has 3 rings (SSSR count). The fraction of sp³-hybridized carbons (Fsp3) is 0.364. The smallest absolute Gasteiger partial charge is 0.278 e. The van der Waals surface area contributed by atoms with Gasteiger partial charge >= 0.3 is 0 Å². The lowest BCUT2D eigenvalue weighted by atomic mass is 10.1. The maximum atomic E-state index is 13.5. The highest BCUT2D eigenvalue weighted by Crippen LogP contribution is 2.34. The number of imidazole rings is 1. The van der Waals surface area contributed by atoms with Gasteiger partial charge in [-0.25, -0.2) is 14.4 Å². The van der Waals surface area contributed by atoms with Crippen molar-refractivity contribution in [2.24, 2.45) is 5.92 Å². The van der Waals surface area contributed by atoms with Gasteiger partial charge in [0, 0.05) is 5.92 Å². The van der Waals surface area contributed by atoms with Crippen LogP contribution < -0.4 is 5.56 Å². The first kappa shape index (κ1) is 11.1. The number of halogens is 1. The summed E-state index contributed by atoms with van der Waals surface area (Å²) >= 11 is 0. The molecule has 0 bridgehead atoms. The van der Waals surface area contributed by atoms with Gasteiger partial charge < -0.3 is 14.7 Å². The average Bonchev–Trinajstić information content (AvgIpc) is 2.93. The number of nitrogens with one attached hydrogen (secondary N) is 1. The van der Waals surface area contributed by atoms with Gasteiger partial charge in [0.25, 0.3) is 5.56 Å². The molecule has 7 heteroatoms. The quantitative estimate of drug-likeness (QED) is 0.814. The van der Waals surface area contributed by atoms with Gasteiger partial charge in [0.05, 0.1) is 25.3 Å². The summed E-state index contributed by atoms with van der Waals surface area (Å²) in [5, 5.41) is 9.03. The van der Waals surface area contributed by atoms with E-state index in [9.17, 15) is 9.18 Å². The van der Waals surface area contributed by atoms with Gasteiger partial charge in [0.1, 0.15) is 5.83 Å². The van der Waals surface area contributed by atoms with Gasteiger partial charge in [-0.3, -0.25) is 4.79 Å². The largest absolute Gasteiger partial charge is 0.396 e. The summed E-state index contributed by atoms with van der Waals surface area (Å²) in [6, 6.07) is -0.263. The molecule has 6 nitrogen and oxygen atoms in total. The van der Waals surface area contributed by atoms with E-state index in [0.717, 1.165) is 0 Å². The summed E-state index contributed by atoms with van der Waals surface area (Å²) in [5.74, 6) is -0.802. The third kappa shape index (κ3) is 1.55. The van der Waals surface area contributed by atoms with Gasteiger partial charge in [0.2, 0.25) is 0 Å². The van der Waals surface area contributed by atoms with E-state index in [2.05, 4.69) is 15.0 Å². The standard InChI is InChI=1S/C11H11FN4O2/c12-8-2-7(1-6(8)3-17)16-5-15-9-10(16)13-4-14-11(9)18/h2,4-7,17H,1,3H2,(H,13,14,18)/t6-,7+/m1/s1. The van der Waals surface area contributed by atoms with E-state index in [1.807, 2.05) is 0 Å². The second-order valence-corrected chi connectivity index (χ2v) is 4.29. The van der Waals surface area contributed by atoms with Gasteiger partial charge in [-0.1, -0.05) is 0 Å². The van der Waals surface area contributed by atoms with Crippen LogP contribution in [0.3, 0.4) is 0 Å². The summed E-state index contributed by atoms with van der Waals surface area (Å²) in [6.45, 7) is -0.223. The van der Waals surface area contributed by atoms with E-state index < -0.39 is 5.92 Å². The maximum Gasteiger partial charge on any atom is 0.278 e. The Morgan fingerprint density at radius 1 is 1.56 bits per heavy atom. The Labute approximate surface area is 101 Å². The number of aliphatic hydroxyl groups excluding tert-OH is 1. The first-order valence-corrected chi connectivity index (χ1v) is 5.59. The van der Waals surface area contributed by atoms with Crippen molar-refractivity contribution in [2.75, 3.05) is 6.61 Å². The third-order valence-corrected chi connectivity index (χ3v) is 3.21. The molecule has 0 aliphatic heterocycles. The molecule has 18 heavy (non-hydrogen) atoms. The Bertz CT molecular complexity index is 675. The molecule has 0 amide bonds. The van der Waals surface area contributed by atoms with Crippen LogP contribution in [0.25, 0.3) is 11.2 Å². The number of rotatable bonds is 2. The third-order valence-electron chi connectivity index (χ3n) is 3.21. The van der Waals surface area contributed by atoms with E-state index >= 15 is 0 Å². The molecule has 94 valence electrons. The zero-order chi connectivity index (χ0) is 12.7. The molecule has 0 spiro atoms. The number of allylic oxidation sites excluding steroid dienone is 1. The molecule has 2 N–H and O–H groups in total. The lowest BCUT2D eigenvalue weighted by molar-refractivity contribution is 0.224. The minimum Gasteiger partial charge on any atom is -0.396 e. The number of aromatic amines is 1. The average molecular weight is 250 g/mol. The second-order valence-electron chi connectivity index (χ2n) is 4.29. The van der Waals surface area contributed by atoms with Crippen molar-refractivity contribution in [1.29, 1.82) is 0 Å². The van der Waals surface area contributed by atoms with Crippen LogP contribution in [0.2, 0.25) is 0 Å². The number of aromatic nitrogens is 4. The molecule has 1 aliphatic carbocycles. The van der Waals surface area contributed by atoms with E-state index in [4.69, 9.17) is 5.11 Å². The van der Waals surface area contributed by atoms with Crippen LogP contribution in [0, 0.1) is 5.92 Å². The minimum atomic E-state index is -0.477. The molecular formula is C11H11FN4O2. The van der Waals surface area contributed by atoms with Crippen LogP contribution in [0.15, 0.2) is 29.4 Å². The fourth-order valence-electron chi connectivity index (χ4n) is 2.25. The Balaban J connectivity index is 2.07.